The smallest absolute Gasteiger partial charge is 0.267 e. The number of rotatable bonds is 6. The minimum absolute atomic E-state index is 0.148. The van der Waals surface area contributed by atoms with Crippen molar-refractivity contribution in [3.63, 3.8) is 0 Å². The Morgan fingerprint density at radius 2 is 1.82 bits per heavy atom. The number of aromatic nitrogens is 2. The van der Waals surface area contributed by atoms with Gasteiger partial charge in [0.05, 0.1) is 12.3 Å². The molecule has 1 saturated carbocycles. The van der Waals surface area contributed by atoms with Gasteiger partial charge in [0, 0.05) is 17.7 Å². The van der Waals surface area contributed by atoms with E-state index in [1.165, 1.54) is 23.6 Å². The molecule has 0 radical (unpaired) electrons. The molecule has 1 heterocycles. The lowest BCUT2D eigenvalue weighted by molar-refractivity contribution is -0.125. The molecule has 1 amide bonds. The highest BCUT2D eigenvalue weighted by Gasteiger charge is 2.22. The number of ether oxygens (including phenoxy) is 1. The van der Waals surface area contributed by atoms with Crippen LogP contribution in [-0.4, -0.2) is 28.3 Å². The zero-order valence-electron chi connectivity index (χ0n) is 16.7. The van der Waals surface area contributed by atoms with E-state index in [1.54, 1.807) is 13.0 Å². The summed E-state index contributed by atoms with van der Waals surface area (Å²) < 4.78 is 6.74. The lowest BCUT2D eigenvalue weighted by Gasteiger charge is -2.20. The molecule has 1 aromatic heterocycles. The Kier molecular flexibility index (Phi) is 6.85. The van der Waals surface area contributed by atoms with Gasteiger partial charge in [-0.15, -0.1) is 0 Å². The van der Waals surface area contributed by atoms with Crippen LogP contribution in [0, 0.1) is 0 Å². The molecule has 150 valence electrons. The molecule has 1 fully saturated rings. The van der Waals surface area contributed by atoms with E-state index in [0.717, 1.165) is 37.0 Å². The summed E-state index contributed by atoms with van der Waals surface area (Å²) >= 11 is 0. The first-order valence-electron chi connectivity index (χ1n) is 10.2. The SMILES string of the molecule is CCOc1ccc(-c2ccc(=O)n(C(C)C(=O)NC3CCCCCC3)n2)cc1. The average molecular weight is 383 g/mol. The lowest BCUT2D eigenvalue weighted by atomic mass is 10.1. The zero-order chi connectivity index (χ0) is 19.9. The van der Waals surface area contributed by atoms with Crippen molar-refractivity contribution in [1.29, 1.82) is 0 Å². The summed E-state index contributed by atoms with van der Waals surface area (Å²) in [4.78, 5) is 25.0. The van der Waals surface area contributed by atoms with Crippen LogP contribution < -0.4 is 15.6 Å². The first kappa shape index (κ1) is 20.1. The molecule has 3 rings (SSSR count). The number of nitrogens with one attached hydrogen (secondary N) is 1. The van der Waals surface area contributed by atoms with E-state index in [-0.39, 0.29) is 17.5 Å². The molecular formula is C22H29N3O3. The van der Waals surface area contributed by atoms with Crippen LogP contribution in [0.25, 0.3) is 11.3 Å². The summed E-state index contributed by atoms with van der Waals surface area (Å²) in [6.45, 7) is 4.27. The summed E-state index contributed by atoms with van der Waals surface area (Å²) in [5, 5.41) is 7.56. The molecule has 1 N–H and O–H groups in total. The minimum atomic E-state index is -0.654. The molecule has 28 heavy (non-hydrogen) atoms. The van der Waals surface area contributed by atoms with Gasteiger partial charge in [0.1, 0.15) is 11.8 Å². The summed E-state index contributed by atoms with van der Waals surface area (Å²) in [6, 6.07) is 10.2. The Labute approximate surface area is 165 Å². The molecule has 6 heteroatoms. The second-order valence-electron chi connectivity index (χ2n) is 7.33. The van der Waals surface area contributed by atoms with E-state index >= 15 is 0 Å². The van der Waals surface area contributed by atoms with Crippen LogP contribution in [0.3, 0.4) is 0 Å². The van der Waals surface area contributed by atoms with Crippen molar-refractivity contribution in [3.05, 3.63) is 46.8 Å². The molecule has 0 spiro atoms. The van der Waals surface area contributed by atoms with Gasteiger partial charge in [-0.25, -0.2) is 4.68 Å². The molecule has 0 aliphatic heterocycles. The first-order valence-corrected chi connectivity index (χ1v) is 10.2. The van der Waals surface area contributed by atoms with Crippen molar-refractivity contribution < 1.29 is 9.53 Å². The lowest BCUT2D eigenvalue weighted by Crippen LogP contribution is -2.41. The van der Waals surface area contributed by atoms with Crippen LogP contribution in [0.15, 0.2) is 41.2 Å². The zero-order valence-corrected chi connectivity index (χ0v) is 16.7. The van der Waals surface area contributed by atoms with Crippen LogP contribution in [-0.2, 0) is 4.79 Å². The number of hydrogen-bond acceptors (Lipinski definition) is 4. The van der Waals surface area contributed by atoms with Gasteiger partial charge < -0.3 is 10.1 Å². The predicted molar refractivity (Wildman–Crippen MR) is 109 cm³/mol. The number of benzene rings is 1. The first-order chi connectivity index (χ1) is 13.6. The monoisotopic (exact) mass is 383 g/mol. The van der Waals surface area contributed by atoms with Gasteiger partial charge in [0.25, 0.3) is 5.56 Å². The fraction of sp³-hybridized carbons (Fsp3) is 0.500. The standard InChI is InChI=1S/C22H29N3O3/c1-3-28-19-12-10-17(11-13-19)20-14-15-21(26)25(24-20)16(2)22(27)23-18-8-6-4-5-7-9-18/h10-16,18H,3-9H2,1-2H3,(H,23,27). The molecule has 1 aromatic carbocycles. The van der Waals surface area contributed by atoms with Crippen molar-refractivity contribution in [2.45, 2.75) is 64.5 Å². The van der Waals surface area contributed by atoms with Gasteiger partial charge in [0.2, 0.25) is 5.91 Å². The van der Waals surface area contributed by atoms with Gasteiger partial charge in [0.15, 0.2) is 0 Å². The maximum absolute atomic E-state index is 12.7. The van der Waals surface area contributed by atoms with E-state index in [9.17, 15) is 9.59 Å². The summed E-state index contributed by atoms with van der Waals surface area (Å²) in [7, 11) is 0. The number of hydrogen-bond donors (Lipinski definition) is 1. The Morgan fingerprint density at radius 3 is 2.46 bits per heavy atom. The van der Waals surface area contributed by atoms with Crippen LogP contribution in [0.4, 0.5) is 0 Å². The maximum atomic E-state index is 12.7. The van der Waals surface area contributed by atoms with Gasteiger partial charge in [-0.1, -0.05) is 25.7 Å². The molecule has 6 nitrogen and oxygen atoms in total. The summed E-state index contributed by atoms with van der Waals surface area (Å²) in [5.41, 5.74) is 1.24. The fourth-order valence-corrected chi connectivity index (χ4v) is 3.60. The highest BCUT2D eigenvalue weighted by molar-refractivity contribution is 5.80. The Hall–Kier alpha value is -2.63. The number of carbonyl (C=O) groups excluding carboxylic acids is 1. The highest BCUT2D eigenvalue weighted by Crippen LogP contribution is 2.21. The van der Waals surface area contributed by atoms with Crippen molar-refractivity contribution in [2.24, 2.45) is 0 Å². The third kappa shape index (κ3) is 5.00. The largest absolute Gasteiger partial charge is 0.494 e. The summed E-state index contributed by atoms with van der Waals surface area (Å²) in [6.07, 6.45) is 6.76. The average Bonchev–Trinajstić information content (AvgIpc) is 2.97. The van der Waals surface area contributed by atoms with Crippen LogP contribution in [0.2, 0.25) is 0 Å². The third-order valence-corrected chi connectivity index (χ3v) is 5.23. The van der Waals surface area contributed by atoms with Crippen molar-refractivity contribution in [1.82, 2.24) is 15.1 Å². The van der Waals surface area contributed by atoms with E-state index in [4.69, 9.17) is 4.74 Å². The van der Waals surface area contributed by atoms with E-state index in [1.807, 2.05) is 31.2 Å². The van der Waals surface area contributed by atoms with E-state index < -0.39 is 6.04 Å². The van der Waals surface area contributed by atoms with E-state index in [0.29, 0.717) is 12.3 Å². The van der Waals surface area contributed by atoms with Crippen molar-refractivity contribution in [3.8, 4) is 17.0 Å². The third-order valence-electron chi connectivity index (χ3n) is 5.23. The quantitative estimate of drug-likeness (QED) is 0.772. The highest BCUT2D eigenvalue weighted by atomic mass is 16.5. The molecule has 2 aromatic rings. The van der Waals surface area contributed by atoms with Crippen LogP contribution >= 0.6 is 0 Å². The predicted octanol–water partition coefficient (Wildman–Crippen LogP) is 3.71. The molecule has 1 aliphatic rings. The Morgan fingerprint density at radius 1 is 1.14 bits per heavy atom. The molecular weight excluding hydrogens is 354 g/mol. The normalized spacial score (nSPS) is 16.2. The molecule has 0 bridgehead atoms. The topological polar surface area (TPSA) is 73.2 Å². The fourth-order valence-electron chi connectivity index (χ4n) is 3.60. The number of carbonyl (C=O) groups is 1. The number of nitrogens with zero attached hydrogens (tertiary/aromatic N) is 2. The summed E-state index contributed by atoms with van der Waals surface area (Å²) in [5.74, 6) is 0.640. The van der Waals surface area contributed by atoms with Gasteiger partial charge >= 0.3 is 0 Å². The Bertz CT molecular complexity index is 837. The molecule has 1 unspecified atom stereocenters. The Balaban J connectivity index is 1.76. The second-order valence-corrected chi connectivity index (χ2v) is 7.33. The van der Waals surface area contributed by atoms with Gasteiger partial charge in [-0.2, -0.15) is 5.10 Å². The molecule has 1 atom stereocenters. The van der Waals surface area contributed by atoms with Crippen molar-refractivity contribution >= 4 is 5.91 Å². The molecule has 1 aliphatic carbocycles. The second kappa shape index (κ2) is 9.53. The van der Waals surface area contributed by atoms with E-state index in [2.05, 4.69) is 10.4 Å². The van der Waals surface area contributed by atoms with Crippen LogP contribution in [0.5, 0.6) is 5.75 Å². The van der Waals surface area contributed by atoms with Gasteiger partial charge in [-0.3, -0.25) is 9.59 Å². The minimum Gasteiger partial charge on any atom is -0.494 e. The molecule has 0 saturated heterocycles. The van der Waals surface area contributed by atoms with Gasteiger partial charge in [-0.05, 0) is 57.0 Å². The van der Waals surface area contributed by atoms with Crippen LogP contribution in [0.1, 0.15) is 58.4 Å². The maximum Gasteiger partial charge on any atom is 0.267 e. The van der Waals surface area contributed by atoms with Crippen molar-refractivity contribution in [2.75, 3.05) is 6.61 Å². The number of amides is 1.